The number of benzene rings is 1. The van der Waals surface area contributed by atoms with E-state index in [-0.39, 0.29) is 6.10 Å². The van der Waals surface area contributed by atoms with Gasteiger partial charge < -0.3 is 4.74 Å². The van der Waals surface area contributed by atoms with Crippen LogP contribution in [0.15, 0.2) is 18.2 Å². The van der Waals surface area contributed by atoms with Crippen molar-refractivity contribution in [2.24, 2.45) is 0 Å². The third-order valence-electron chi connectivity index (χ3n) is 1.66. The second-order valence-electron chi connectivity index (χ2n) is 2.68. The molecule has 0 aliphatic heterocycles. The van der Waals surface area contributed by atoms with Crippen molar-refractivity contribution in [2.75, 3.05) is 0 Å². The fourth-order valence-corrected chi connectivity index (χ4v) is 0.948. The number of halogens is 1. The second kappa shape index (κ2) is 4.36. The Morgan fingerprint density at radius 2 is 2.42 bits per heavy atom. The maximum Gasteiger partial charge on any atom is 0.146 e. The number of rotatable bonds is 3. The normalized spacial score (nSPS) is 12.6. The first-order valence-corrected chi connectivity index (χ1v) is 4.44. The first kappa shape index (κ1) is 9.40. The molecule has 1 unspecified atom stereocenters. The minimum Gasteiger partial charge on any atom is -0.489 e. The Hall–Kier alpha value is -0.690. The van der Waals surface area contributed by atoms with Crippen LogP contribution in [0.2, 0.25) is 5.02 Å². The molecule has 0 bridgehead atoms. The van der Waals surface area contributed by atoms with E-state index < -0.39 is 0 Å². The smallest absolute Gasteiger partial charge is 0.146 e. The molecule has 65 valence electrons. The van der Waals surface area contributed by atoms with Gasteiger partial charge in [-0.05, 0) is 19.4 Å². The summed E-state index contributed by atoms with van der Waals surface area (Å²) in [6.45, 7) is 4.08. The van der Waals surface area contributed by atoms with Gasteiger partial charge in [-0.2, -0.15) is 0 Å². The summed E-state index contributed by atoms with van der Waals surface area (Å²) in [5.74, 6) is 0.647. The third kappa shape index (κ3) is 2.42. The van der Waals surface area contributed by atoms with Crippen molar-refractivity contribution >= 4 is 11.6 Å². The lowest BCUT2D eigenvalue weighted by Gasteiger charge is -2.12. The van der Waals surface area contributed by atoms with E-state index in [1.165, 1.54) is 0 Å². The molecule has 1 rings (SSSR count). The maximum atomic E-state index is 5.87. The van der Waals surface area contributed by atoms with Gasteiger partial charge in [-0.15, -0.1) is 0 Å². The Labute approximate surface area is 78.3 Å². The number of hydrogen-bond donors (Lipinski definition) is 0. The SMILES string of the molecule is CCC(C)Oc1[c]cccc1Cl. The van der Waals surface area contributed by atoms with Crippen LogP contribution in [0, 0.1) is 6.07 Å². The van der Waals surface area contributed by atoms with E-state index in [0.29, 0.717) is 10.8 Å². The Balaban J connectivity index is 2.69. The summed E-state index contributed by atoms with van der Waals surface area (Å²) in [7, 11) is 0. The first-order chi connectivity index (χ1) is 5.74. The highest BCUT2D eigenvalue weighted by Gasteiger charge is 2.03. The molecular weight excluding hydrogens is 172 g/mol. The molecule has 12 heavy (non-hydrogen) atoms. The van der Waals surface area contributed by atoms with Crippen molar-refractivity contribution in [1.82, 2.24) is 0 Å². The number of hydrogen-bond acceptors (Lipinski definition) is 1. The molecule has 0 fully saturated rings. The average Bonchev–Trinajstić information content (AvgIpc) is 2.09. The molecule has 1 radical (unpaired) electrons. The fraction of sp³-hybridized carbons (Fsp3) is 0.400. The molecule has 1 atom stereocenters. The Morgan fingerprint density at radius 3 is 3.00 bits per heavy atom. The van der Waals surface area contributed by atoms with Crippen molar-refractivity contribution in [3.8, 4) is 5.75 Å². The average molecular weight is 184 g/mol. The van der Waals surface area contributed by atoms with Gasteiger partial charge in [0.15, 0.2) is 0 Å². The van der Waals surface area contributed by atoms with Crippen molar-refractivity contribution < 1.29 is 4.74 Å². The van der Waals surface area contributed by atoms with Crippen LogP contribution in [0.5, 0.6) is 5.75 Å². The van der Waals surface area contributed by atoms with Crippen molar-refractivity contribution in [3.63, 3.8) is 0 Å². The van der Waals surface area contributed by atoms with Gasteiger partial charge in [0.1, 0.15) is 5.75 Å². The van der Waals surface area contributed by atoms with Crippen molar-refractivity contribution in [1.29, 1.82) is 0 Å². The molecule has 0 spiro atoms. The highest BCUT2D eigenvalue weighted by molar-refractivity contribution is 6.32. The van der Waals surface area contributed by atoms with Gasteiger partial charge in [0, 0.05) is 6.07 Å². The van der Waals surface area contributed by atoms with E-state index in [1.807, 2.05) is 13.0 Å². The van der Waals surface area contributed by atoms with Gasteiger partial charge in [-0.3, -0.25) is 0 Å². The molecule has 0 N–H and O–H groups in total. The summed E-state index contributed by atoms with van der Waals surface area (Å²) in [5, 5.41) is 0.623. The van der Waals surface area contributed by atoms with Gasteiger partial charge in [0.05, 0.1) is 11.1 Å². The molecule has 0 aliphatic rings. The maximum absolute atomic E-state index is 5.87. The molecule has 0 amide bonds. The van der Waals surface area contributed by atoms with E-state index in [1.54, 1.807) is 12.1 Å². The van der Waals surface area contributed by atoms with Crippen LogP contribution in [-0.2, 0) is 0 Å². The third-order valence-corrected chi connectivity index (χ3v) is 1.96. The summed E-state index contributed by atoms with van der Waals surface area (Å²) in [4.78, 5) is 0. The molecule has 1 aromatic carbocycles. The topological polar surface area (TPSA) is 9.23 Å². The van der Waals surface area contributed by atoms with Crippen LogP contribution < -0.4 is 4.74 Å². The summed E-state index contributed by atoms with van der Waals surface area (Å²) in [6, 6.07) is 8.38. The fourth-order valence-electron chi connectivity index (χ4n) is 0.776. The van der Waals surface area contributed by atoms with E-state index in [9.17, 15) is 0 Å². The van der Waals surface area contributed by atoms with Crippen LogP contribution >= 0.6 is 11.6 Å². The zero-order valence-electron chi connectivity index (χ0n) is 7.30. The van der Waals surface area contributed by atoms with Crippen LogP contribution in [-0.4, -0.2) is 6.10 Å². The minimum atomic E-state index is 0.196. The predicted octanol–water partition coefficient (Wildman–Crippen LogP) is 3.32. The molecule has 1 nitrogen and oxygen atoms in total. The first-order valence-electron chi connectivity index (χ1n) is 4.07. The van der Waals surface area contributed by atoms with Crippen molar-refractivity contribution in [2.45, 2.75) is 26.4 Å². The Bertz CT molecular complexity index is 247. The zero-order chi connectivity index (χ0) is 8.97. The lowest BCUT2D eigenvalue weighted by Crippen LogP contribution is -2.09. The highest BCUT2D eigenvalue weighted by atomic mass is 35.5. The minimum absolute atomic E-state index is 0.196. The summed E-state index contributed by atoms with van der Waals surface area (Å²) in [5.41, 5.74) is 0. The molecule has 1 aromatic rings. The van der Waals surface area contributed by atoms with Gasteiger partial charge in [-0.1, -0.05) is 30.7 Å². The number of ether oxygens (including phenoxy) is 1. The lowest BCUT2D eigenvalue weighted by molar-refractivity contribution is 0.217. The van der Waals surface area contributed by atoms with Crippen LogP contribution in [0.1, 0.15) is 20.3 Å². The van der Waals surface area contributed by atoms with Gasteiger partial charge >= 0.3 is 0 Å². The van der Waals surface area contributed by atoms with Gasteiger partial charge in [0.25, 0.3) is 0 Å². The van der Waals surface area contributed by atoms with Gasteiger partial charge in [0.2, 0.25) is 0 Å². The van der Waals surface area contributed by atoms with E-state index in [2.05, 4.69) is 13.0 Å². The van der Waals surface area contributed by atoms with Crippen LogP contribution in [0.4, 0.5) is 0 Å². The lowest BCUT2D eigenvalue weighted by atomic mass is 10.3. The van der Waals surface area contributed by atoms with Crippen LogP contribution in [0.3, 0.4) is 0 Å². The molecule has 0 saturated heterocycles. The van der Waals surface area contributed by atoms with E-state index in [0.717, 1.165) is 6.42 Å². The standard InChI is InChI=1S/C10H12ClO/c1-3-8(2)12-10-7-5-4-6-9(10)11/h4-6,8H,3H2,1-2H3. The number of para-hydroxylation sites is 1. The molecule has 0 saturated carbocycles. The second-order valence-corrected chi connectivity index (χ2v) is 3.09. The molecule has 0 heterocycles. The Morgan fingerprint density at radius 1 is 1.67 bits per heavy atom. The largest absolute Gasteiger partial charge is 0.489 e. The monoisotopic (exact) mass is 183 g/mol. The van der Waals surface area contributed by atoms with Gasteiger partial charge in [-0.25, -0.2) is 0 Å². The molecule has 2 heteroatoms. The quantitative estimate of drug-likeness (QED) is 0.699. The summed E-state index contributed by atoms with van der Waals surface area (Å²) < 4.78 is 5.51. The molecule has 0 aromatic heterocycles. The Kier molecular flexibility index (Phi) is 3.42. The summed E-state index contributed by atoms with van der Waals surface area (Å²) >= 11 is 5.87. The van der Waals surface area contributed by atoms with Crippen LogP contribution in [0.25, 0.3) is 0 Å². The highest BCUT2D eigenvalue weighted by Crippen LogP contribution is 2.23. The summed E-state index contributed by atoms with van der Waals surface area (Å²) in [6.07, 6.45) is 1.17. The van der Waals surface area contributed by atoms with E-state index >= 15 is 0 Å². The van der Waals surface area contributed by atoms with E-state index in [4.69, 9.17) is 16.3 Å². The predicted molar refractivity (Wildman–Crippen MR) is 50.7 cm³/mol. The molecular formula is C10H12ClO. The van der Waals surface area contributed by atoms with Crippen molar-refractivity contribution in [3.05, 3.63) is 29.3 Å². The molecule has 0 aliphatic carbocycles. The zero-order valence-corrected chi connectivity index (χ0v) is 8.06.